The second-order valence-electron chi connectivity index (χ2n) is 6.35. The van der Waals surface area contributed by atoms with Gasteiger partial charge in [0.05, 0.1) is 12.3 Å². The quantitative estimate of drug-likeness (QED) is 0.709. The number of hydrogen-bond acceptors (Lipinski definition) is 4. The SMILES string of the molecule is O=C(CN1CCN(S(=O)(=O)Cc2ccc(Cl)cc2)CC1)c1ccccc1. The standard InChI is InChI=1S/C19H21ClN2O3S/c20-18-8-6-16(7-9-18)15-26(24,25)22-12-10-21(11-13-22)14-19(23)17-4-2-1-3-5-17/h1-9H,10-15H2. The highest BCUT2D eigenvalue weighted by Crippen LogP contribution is 2.16. The van der Waals surface area contributed by atoms with Crippen molar-refractivity contribution in [1.29, 1.82) is 0 Å². The average molecular weight is 393 g/mol. The summed E-state index contributed by atoms with van der Waals surface area (Å²) >= 11 is 5.84. The van der Waals surface area contributed by atoms with Crippen LogP contribution in [0.15, 0.2) is 54.6 Å². The first-order chi connectivity index (χ1) is 12.4. The molecule has 1 aliphatic rings. The first-order valence-electron chi connectivity index (χ1n) is 8.47. The predicted molar refractivity (Wildman–Crippen MR) is 103 cm³/mol. The third-order valence-corrected chi connectivity index (χ3v) is 6.55. The Labute approximate surface area is 159 Å². The van der Waals surface area contributed by atoms with Crippen LogP contribution in [0.2, 0.25) is 5.02 Å². The summed E-state index contributed by atoms with van der Waals surface area (Å²) in [5.41, 5.74) is 1.40. The molecule has 1 aliphatic heterocycles. The molecule has 0 radical (unpaired) electrons. The van der Waals surface area contributed by atoms with Crippen molar-refractivity contribution in [3.8, 4) is 0 Å². The highest BCUT2D eigenvalue weighted by Gasteiger charge is 2.27. The third-order valence-electron chi connectivity index (χ3n) is 4.45. The molecule has 1 heterocycles. The van der Waals surface area contributed by atoms with Gasteiger partial charge in [0.1, 0.15) is 0 Å². The summed E-state index contributed by atoms with van der Waals surface area (Å²) in [5, 5.41) is 0.586. The number of piperazine rings is 1. The van der Waals surface area contributed by atoms with Crippen molar-refractivity contribution in [3.63, 3.8) is 0 Å². The number of halogens is 1. The fraction of sp³-hybridized carbons (Fsp3) is 0.316. The Morgan fingerprint density at radius 2 is 1.54 bits per heavy atom. The lowest BCUT2D eigenvalue weighted by atomic mass is 10.1. The van der Waals surface area contributed by atoms with Crippen LogP contribution in [0.1, 0.15) is 15.9 Å². The van der Waals surface area contributed by atoms with Crippen molar-refractivity contribution in [1.82, 2.24) is 9.21 Å². The van der Waals surface area contributed by atoms with Crippen molar-refractivity contribution in [2.24, 2.45) is 0 Å². The maximum Gasteiger partial charge on any atom is 0.218 e. The summed E-state index contributed by atoms with van der Waals surface area (Å²) in [6.45, 7) is 2.22. The van der Waals surface area contributed by atoms with Crippen molar-refractivity contribution in [3.05, 3.63) is 70.7 Å². The van der Waals surface area contributed by atoms with Gasteiger partial charge in [0.15, 0.2) is 5.78 Å². The predicted octanol–water partition coefficient (Wildman–Crippen LogP) is 2.67. The fourth-order valence-electron chi connectivity index (χ4n) is 2.97. The number of carbonyl (C=O) groups is 1. The van der Waals surface area contributed by atoms with E-state index in [0.29, 0.717) is 43.3 Å². The monoisotopic (exact) mass is 392 g/mol. The molecule has 0 saturated carbocycles. The largest absolute Gasteiger partial charge is 0.293 e. The van der Waals surface area contributed by atoms with Crippen molar-refractivity contribution in [2.45, 2.75) is 5.75 Å². The van der Waals surface area contributed by atoms with Crippen LogP contribution < -0.4 is 0 Å². The van der Waals surface area contributed by atoms with E-state index in [1.807, 2.05) is 23.1 Å². The van der Waals surface area contributed by atoms with Gasteiger partial charge in [-0.3, -0.25) is 9.69 Å². The maximum atomic E-state index is 12.6. The average Bonchev–Trinajstić information content (AvgIpc) is 2.64. The first-order valence-corrected chi connectivity index (χ1v) is 10.5. The smallest absolute Gasteiger partial charge is 0.218 e. The molecule has 0 unspecified atom stereocenters. The molecule has 2 aromatic carbocycles. The molecular formula is C19H21ClN2O3S. The lowest BCUT2D eigenvalue weighted by Crippen LogP contribution is -2.50. The molecule has 0 atom stereocenters. The van der Waals surface area contributed by atoms with Gasteiger partial charge in [-0.15, -0.1) is 0 Å². The zero-order chi connectivity index (χ0) is 18.6. The second-order valence-corrected chi connectivity index (χ2v) is 8.75. The zero-order valence-electron chi connectivity index (χ0n) is 14.3. The summed E-state index contributed by atoms with van der Waals surface area (Å²) in [5.74, 6) is 0.0238. The fourth-order valence-corrected chi connectivity index (χ4v) is 4.61. The minimum atomic E-state index is -3.37. The highest BCUT2D eigenvalue weighted by atomic mass is 35.5. The summed E-state index contributed by atoms with van der Waals surface area (Å²) in [4.78, 5) is 14.3. The Bertz CT molecular complexity index is 846. The molecule has 138 valence electrons. The molecule has 3 rings (SSSR count). The molecule has 0 aliphatic carbocycles. The molecule has 0 N–H and O–H groups in total. The third kappa shape index (κ3) is 4.92. The molecule has 1 fully saturated rings. The van der Waals surface area contributed by atoms with E-state index in [9.17, 15) is 13.2 Å². The van der Waals surface area contributed by atoms with Gasteiger partial charge >= 0.3 is 0 Å². The number of ketones is 1. The van der Waals surface area contributed by atoms with Gasteiger partial charge in [-0.2, -0.15) is 4.31 Å². The number of rotatable bonds is 6. The van der Waals surface area contributed by atoms with Crippen molar-refractivity contribution >= 4 is 27.4 Å². The van der Waals surface area contributed by atoms with Crippen LogP contribution in [-0.4, -0.2) is 56.1 Å². The molecule has 1 saturated heterocycles. The molecule has 0 bridgehead atoms. The van der Waals surface area contributed by atoms with Crippen LogP contribution in [0.4, 0.5) is 0 Å². The van der Waals surface area contributed by atoms with Crippen LogP contribution >= 0.6 is 11.6 Å². The normalized spacial score (nSPS) is 16.5. The van der Waals surface area contributed by atoms with Gasteiger partial charge in [0.25, 0.3) is 0 Å². The maximum absolute atomic E-state index is 12.6. The lowest BCUT2D eigenvalue weighted by Gasteiger charge is -2.33. The summed E-state index contributed by atoms with van der Waals surface area (Å²) in [6.07, 6.45) is 0. The molecule has 0 spiro atoms. The number of sulfonamides is 1. The topological polar surface area (TPSA) is 57.7 Å². The summed E-state index contributed by atoms with van der Waals surface area (Å²) in [7, 11) is -3.37. The molecule has 0 amide bonds. The Hall–Kier alpha value is -1.73. The van der Waals surface area contributed by atoms with Crippen LogP contribution in [0.5, 0.6) is 0 Å². The van der Waals surface area contributed by atoms with Crippen LogP contribution in [0.3, 0.4) is 0 Å². The second kappa shape index (κ2) is 8.31. The van der Waals surface area contributed by atoms with Crippen molar-refractivity contribution in [2.75, 3.05) is 32.7 Å². The van der Waals surface area contributed by atoms with Gasteiger partial charge in [-0.05, 0) is 17.7 Å². The van der Waals surface area contributed by atoms with E-state index in [2.05, 4.69) is 0 Å². The Balaban J connectivity index is 1.54. The van der Waals surface area contributed by atoms with Gasteiger partial charge < -0.3 is 0 Å². The van der Waals surface area contributed by atoms with E-state index in [4.69, 9.17) is 11.6 Å². The Kier molecular flexibility index (Phi) is 6.09. The number of Topliss-reactive ketones (excluding diaryl/α,β-unsaturated/α-hetero) is 1. The van der Waals surface area contributed by atoms with E-state index in [0.717, 1.165) is 5.56 Å². The van der Waals surface area contributed by atoms with Gasteiger partial charge in [-0.1, -0.05) is 54.1 Å². The van der Waals surface area contributed by atoms with E-state index >= 15 is 0 Å². The van der Waals surface area contributed by atoms with Crippen LogP contribution in [0.25, 0.3) is 0 Å². The van der Waals surface area contributed by atoms with E-state index in [1.54, 1.807) is 36.4 Å². The van der Waals surface area contributed by atoms with Crippen molar-refractivity contribution < 1.29 is 13.2 Å². The zero-order valence-corrected chi connectivity index (χ0v) is 15.9. The molecule has 7 heteroatoms. The molecule has 0 aromatic heterocycles. The molecule has 2 aromatic rings. The van der Waals surface area contributed by atoms with E-state index in [-0.39, 0.29) is 11.5 Å². The van der Waals surface area contributed by atoms with Crippen LogP contribution in [-0.2, 0) is 15.8 Å². The van der Waals surface area contributed by atoms with E-state index < -0.39 is 10.0 Å². The molecule has 5 nitrogen and oxygen atoms in total. The molecule has 26 heavy (non-hydrogen) atoms. The lowest BCUT2D eigenvalue weighted by molar-refractivity contribution is 0.0901. The number of benzene rings is 2. The van der Waals surface area contributed by atoms with E-state index in [1.165, 1.54) is 4.31 Å². The Morgan fingerprint density at radius 3 is 2.15 bits per heavy atom. The minimum absolute atomic E-state index is 0.0346. The minimum Gasteiger partial charge on any atom is -0.293 e. The van der Waals surface area contributed by atoms with Crippen LogP contribution in [0, 0.1) is 0 Å². The van der Waals surface area contributed by atoms with Gasteiger partial charge in [-0.25, -0.2) is 8.42 Å². The summed E-state index contributed by atoms with van der Waals surface area (Å²) < 4.78 is 26.7. The van der Waals surface area contributed by atoms with Gasteiger partial charge in [0.2, 0.25) is 10.0 Å². The Morgan fingerprint density at radius 1 is 0.923 bits per heavy atom. The highest BCUT2D eigenvalue weighted by molar-refractivity contribution is 7.88. The molecular weight excluding hydrogens is 372 g/mol. The number of hydrogen-bond donors (Lipinski definition) is 0. The number of nitrogens with zero attached hydrogens (tertiary/aromatic N) is 2. The summed E-state index contributed by atoms with van der Waals surface area (Å²) in [6, 6.07) is 16.0. The van der Waals surface area contributed by atoms with Gasteiger partial charge in [0, 0.05) is 36.8 Å². The number of carbonyl (C=O) groups excluding carboxylic acids is 1. The first kappa shape index (κ1) is 19.0.